The first-order valence-corrected chi connectivity index (χ1v) is 8.67. The normalized spacial score (nSPS) is 16.5. The number of carbonyl (C=O) groups is 1. The van der Waals surface area contributed by atoms with Gasteiger partial charge in [0.1, 0.15) is 0 Å². The van der Waals surface area contributed by atoms with Gasteiger partial charge in [-0.3, -0.25) is 0 Å². The first kappa shape index (κ1) is 18.2. The number of hydrogen-bond acceptors (Lipinski definition) is 5. The lowest BCUT2D eigenvalue weighted by Gasteiger charge is -2.20. The van der Waals surface area contributed by atoms with Gasteiger partial charge in [-0.25, -0.2) is 9.48 Å². The Morgan fingerprint density at radius 2 is 2.16 bits per heavy atom. The summed E-state index contributed by atoms with van der Waals surface area (Å²) in [4.78, 5) is 12.1. The molecule has 1 fully saturated rings. The van der Waals surface area contributed by atoms with Crippen molar-refractivity contribution < 1.29 is 14.6 Å². The Kier molecular flexibility index (Phi) is 5.06. The van der Waals surface area contributed by atoms with E-state index in [1.807, 2.05) is 0 Å². The monoisotopic (exact) mass is 383 g/mol. The maximum absolute atomic E-state index is 12.1. The van der Waals surface area contributed by atoms with E-state index in [4.69, 9.17) is 27.9 Å². The summed E-state index contributed by atoms with van der Waals surface area (Å²) in [5, 5.41) is 18.4. The quantitative estimate of drug-likeness (QED) is 0.749. The Morgan fingerprint density at radius 1 is 1.44 bits per heavy atom. The Balaban J connectivity index is 1.89. The van der Waals surface area contributed by atoms with Crippen LogP contribution in [-0.2, 0) is 11.3 Å². The van der Waals surface area contributed by atoms with Gasteiger partial charge >= 0.3 is 5.97 Å². The van der Waals surface area contributed by atoms with Crippen molar-refractivity contribution in [3.8, 4) is 5.69 Å². The van der Waals surface area contributed by atoms with Gasteiger partial charge in [-0.15, -0.1) is 0 Å². The van der Waals surface area contributed by atoms with Gasteiger partial charge in [0.05, 0.1) is 28.9 Å². The SMILES string of the molecule is COC(=O)c1nn(-c2ccc(Cl)c(Cl)c2)cc1CNC1(C(C)O)CC1. The predicted octanol–water partition coefficient (Wildman–Crippen LogP) is 2.97. The Labute approximate surface area is 155 Å². The zero-order valence-corrected chi connectivity index (χ0v) is 15.4. The lowest BCUT2D eigenvalue weighted by molar-refractivity contribution is 0.0592. The van der Waals surface area contributed by atoms with Crippen LogP contribution < -0.4 is 5.32 Å². The van der Waals surface area contributed by atoms with Crippen molar-refractivity contribution >= 4 is 29.2 Å². The third-order valence-electron chi connectivity index (χ3n) is 4.56. The van der Waals surface area contributed by atoms with Crippen LogP contribution in [0.3, 0.4) is 0 Å². The zero-order valence-electron chi connectivity index (χ0n) is 13.9. The molecule has 0 amide bonds. The highest BCUT2D eigenvalue weighted by atomic mass is 35.5. The van der Waals surface area contributed by atoms with Gasteiger partial charge in [0.25, 0.3) is 0 Å². The topological polar surface area (TPSA) is 76.4 Å². The number of esters is 1. The van der Waals surface area contributed by atoms with E-state index in [1.165, 1.54) is 7.11 Å². The number of aliphatic hydroxyl groups is 1. The molecular formula is C17H19Cl2N3O3. The molecule has 1 aliphatic carbocycles. The summed E-state index contributed by atoms with van der Waals surface area (Å²) in [5.41, 5.74) is 1.31. The number of rotatable bonds is 6. The fourth-order valence-corrected chi connectivity index (χ4v) is 3.01. The maximum Gasteiger partial charge on any atom is 0.358 e. The molecule has 1 aromatic heterocycles. The number of hydrogen-bond donors (Lipinski definition) is 2. The first-order valence-electron chi connectivity index (χ1n) is 7.92. The number of nitrogens with zero attached hydrogens (tertiary/aromatic N) is 2. The van der Waals surface area contributed by atoms with Crippen LogP contribution in [0.15, 0.2) is 24.4 Å². The van der Waals surface area contributed by atoms with E-state index in [0.717, 1.165) is 12.8 Å². The molecule has 6 nitrogen and oxygen atoms in total. The predicted molar refractivity (Wildman–Crippen MR) is 95.4 cm³/mol. The van der Waals surface area contributed by atoms with Gasteiger partial charge in [-0.1, -0.05) is 23.2 Å². The molecule has 1 aromatic carbocycles. The van der Waals surface area contributed by atoms with Crippen molar-refractivity contribution in [1.29, 1.82) is 0 Å². The zero-order chi connectivity index (χ0) is 18.2. The van der Waals surface area contributed by atoms with Gasteiger partial charge in [0.15, 0.2) is 5.69 Å². The Hall–Kier alpha value is -1.60. The summed E-state index contributed by atoms with van der Waals surface area (Å²) in [7, 11) is 1.32. The number of carbonyl (C=O) groups excluding carboxylic acids is 1. The molecule has 2 aromatic rings. The molecule has 0 spiro atoms. The van der Waals surface area contributed by atoms with E-state index >= 15 is 0 Å². The molecule has 0 aliphatic heterocycles. The van der Waals surface area contributed by atoms with E-state index in [0.29, 0.717) is 27.8 Å². The number of methoxy groups -OCH3 is 1. The van der Waals surface area contributed by atoms with Crippen LogP contribution in [-0.4, -0.2) is 39.6 Å². The number of halogens is 2. The van der Waals surface area contributed by atoms with E-state index in [2.05, 4.69) is 10.4 Å². The average molecular weight is 384 g/mol. The van der Waals surface area contributed by atoms with Crippen molar-refractivity contribution in [3.05, 3.63) is 45.7 Å². The molecule has 1 heterocycles. The molecular weight excluding hydrogens is 365 g/mol. The second-order valence-corrected chi connectivity index (χ2v) is 7.04. The minimum atomic E-state index is -0.516. The second kappa shape index (κ2) is 6.96. The molecule has 1 unspecified atom stereocenters. The lowest BCUT2D eigenvalue weighted by atomic mass is 10.1. The maximum atomic E-state index is 12.1. The van der Waals surface area contributed by atoms with Gasteiger partial charge in [-0.05, 0) is 38.0 Å². The molecule has 1 aliphatic rings. The summed E-state index contributed by atoms with van der Waals surface area (Å²) < 4.78 is 6.39. The molecule has 2 N–H and O–H groups in total. The fraction of sp³-hybridized carbons (Fsp3) is 0.412. The Morgan fingerprint density at radius 3 is 2.72 bits per heavy atom. The molecule has 1 atom stereocenters. The van der Waals surface area contributed by atoms with Gasteiger partial charge < -0.3 is 15.2 Å². The van der Waals surface area contributed by atoms with Gasteiger partial charge in [0.2, 0.25) is 0 Å². The molecule has 25 heavy (non-hydrogen) atoms. The van der Waals surface area contributed by atoms with Crippen molar-refractivity contribution in [2.75, 3.05) is 7.11 Å². The minimum absolute atomic E-state index is 0.225. The highest BCUT2D eigenvalue weighted by Gasteiger charge is 2.46. The standard InChI is InChI=1S/C17H19Cl2N3O3/c1-10(23)17(5-6-17)20-8-11-9-22(21-15(11)16(24)25-2)12-3-4-13(18)14(19)7-12/h3-4,7,9-10,20,23H,5-6,8H2,1-2H3. The highest BCUT2D eigenvalue weighted by molar-refractivity contribution is 6.42. The average Bonchev–Trinajstić information content (AvgIpc) is 3.27. The number of benzene rings is 1. The second-order valence-electron chi connectivity index (χ2n) is 6.22. The van der Waals surface area contributed by atoms with E-state index in [1.54, 1.807) is 36.0 Å². The molecule has 0 radical (unpaired) electrons. The van der Waals surface area contributed by atoms with E-state index in [-0.39, 0.29) is 11.2 Å². The van der Waals surface area contributed by atoms with Crippen LogP contribution in [0.4, 0.5) is 0 Å². The van der Waals surface area contributed by atoms with Crippen LogP contribution in [0, 0.1) is 0 Å². The van der Waals surface area contributed by atoms with Crippen molar-refractivity contribution in [2.45, 2.75) is 38.0 Å². The Bertz CT molecular complexity index is 800. The molecule has 1 saturated carbocycles. The van der Waals surface area contributed by atoms with E-state index in [9.17, 15) is 9.90 Å². The van der Waals surface area contributed by atoms with Crippen LogP contribution >= 0.6 is 23.2 Å². The van der Waals surface area contributed by atoms with Crippen molar-refractivity contribution in [1.82, 2.24) is 15.1 Å². The number of aliphatic hydroxyl groups excluding tert-OH is 1. The smallest absolute Gasteiger partial charge is 0.358 e. The number of nitrogens with one attached hydrogen (secondary N) is 1. The minimum Gasteiger partial charge on any atom is -0.464 e. The summed E-state index contributed by atoms with van der Waals surface area (Å²) in [6.45, 7) is 2.16. The highest BCUT2D eigenvalue weighted by Crippen LogP contribution is 2.39. The summed E-state index contributed by atoms with van der Waals surface area (Å²) >= 11 is 12.0. The van der Waals surface area contributed by atoms with Crippen LogP contribution in [0.25, 0.3) is 5.69 Å². The van der Waals surface area contributed by atoms with Crippen LogP contribution in [0.5, 0.6) is 0 Å². The number of aromatic nitrogens is 2. The van der Waals surface area contributed by atoms with Crippen molar-refractivity contribution in [2.24, 2.45) is 0 Å². The van der Waals surface area contributed by atoms with Gasteiger partial charge in [-0.2, -0.15) is 5.10 Å². The largest absolute Gasteiger partial charge is 0.464 e. The van der Waals surface area contributed by atoms with Gasteiger partial charge in [0, 0.05) is 23.8 Å². The fourth-order valence-electron chi connectivity index (χ4n) is 2.72. The molecule has 0 bridgehead atoms. The summed E-state index contributed by atoms with van der Waals surface area (Å²) in [6, 6.07) is 5.11. The molecule has 0 saturated heterocycles. The summed E-state index contributed by atoms with van der Waals surface area (Å²) in [6.07, 6.45) is 3.09. The lowest BCUT2D eigenvalue weighted by Crippen LogP contribution is -2.40. The van der Waals surface area contributed by atoms with E-state index < -0.39 is 12.1 Å². The molecule has 3 rings (SSSR count). The third kappa shape index (κ3) is 3.67. The third-order valence-corrected chi connectivity index (χ3v) is 5.29. The molecule has 134 valence electrons. The van der Waals surface area contributed by atoms with Crippen molar-refractivity contribution in [3.63, 3.8) is 0 Å². The number of ether oxygens (including phenoxy) is 1. The molecule has 8 heteroatoms. The van der Waals surface area contributed by atoms with Crippen LogP contribution in [0.2, 0.25) is 10.0 Å². The first-order chi connectivity index (χ1) is 11.9. The van der Waals surface area contributed by atoms with Crippen LogP contribution in [0.1, 0.15) is 35.8 Å². The summed E-state index contributed by atoms with van der Waals surface area (Å²) in [5.74, 6) is -0.516.